The Labute approximate surface area is 151 Å². The summed E-state index contributed by atoms with van der Waals surface area (Å²) in [4.78, 5) is 12.1. The van der Waals surface area contributed by atoms with Crippen LogP contribution in [0.15, 0.2) is 36.4 Å². The van der Waals surface area contributed by atoms with E-state index in [1.807, 2.05) is 6.92 Å². The normalized spacial score (nSPS) is 13.6. The smallest absolute Gasteiger partial charge is 0.322 e. The van der Waals surface area contributed by atoms with Crippen LogP contribution in [0, 0.1) is 27.7 Å². The minimum absolute atomic E-state index is 0.0242. The van der Waals surface area contributed by atoms with Crippen molar-refractivity contribution in [2.45, 2.75) is 59.6 Å². The van der Waals surface area contributed by atoms with Gasteiger partial charge in [-0.05, 0) is 63.8 Å². The van der Waals surface area contributed by atoms with Gasteiger partial charge in [-0.25, -0.2) is 0 Å². The van der Waals surface area contributed by atoms with Crippen LogP contribution in [0.5, 0.6) is 0 Å². The molecule has 2 rings (SSSR count). The Bertz CT molecular complexity index is 713. The molecule has 2 atom stereocenters. The molecule has 0 spiro atoms. The van der Waals surface area contributed by atoms with E-state index in [1.165, 1.54) is 33.4 Å². The van der Waals surface area contributed by atoms with E-state index in [0.29, 0.717) is 0 Å². The molecule has 3 heteroatoms. The van der Waals surface area contributed by atoms with E-state index >= 15 is 0 Å². The lowest BCUT2D eigenvalue weighted by Crippen LogP contribution is -2.34. The number of carbonyl (C=O) groups excluding carboxylic acids is 1. The van der Waals surface area contributed by atoms with Gasteiger partial charge in [-0.2, -0.15) is 0 Å². The fraction of sp³-hybridized carbons (Fsp3) is 0.409. The summed E-state index contributed by atoms with van der Waals surface area (Å²) in [6.07, 6.45) is -0.304. The summed E-state index contributed by atoms with van der Waals surface area (Å²) >= 11 is 0. The highest BCUT2D eigenvalue weighted by molar-refractivity contribution is 5.75. The van der Waals surface area contributed by atoms with Crippen LogP contribution in [0.3, 0.4) is 0 Å². The maximum absolute atomic E-state index is 12.1. The quantitative estimate of drug-likeness (QED) is 0.825. The number of esters is 1. The van der Waals surface area contributed by atoms with E-state index in [9.17, 15) is 4.79 Å². The number of carbonyl (C=O) groups is 1. The van der Waals surface area contributed by atoms with Gasteiger partial charge >= 0.3 is 5.97 Å². The monoisotopic (exact) mass is 339 g/mol. The van der Waals surface area contributed by atoms with E-state index in [0.717, 1.165) is 0 Å². The highest BCUT2D eigenvalue weighted by Crippen LogP contribution is 2.34. The molecule has 2 N–H and O–H groups in total. The molecule has 0 amide bonds. The lowest BCUT2D eigenvalue weighted by Gasteiger charge is -2.28. The summed E-state index contributed by atoms with van der Waals surface area (Å²) in [5.41, 5.74) is 12.9. The standard InChI is InChI=1S/C22H29NO2/c1-13-7-9-19(15(3)11-13)21(18(6)25-22(24)17(5)23)20-10-8-14(2)12-16(20)4/h7-12,17-18,21H,23H2,1-6H3/t17-,18-/m0/s1. The summed E-state index contributed by atoms with van der Waals surface area (Å²) in [5.74, 6) is -0.393. The van der Waals surface area contributed by atoms with Gasteiger partial charge in [0.2, 0.25) is 0 Å². The Morgan fingerprint density at radius 3 is 1.68 bits per heavy atom. The molecule has 0 unspecified atom stereocenters. The van der Waals surface area contributed by atoms with Gasteiger partial charge in [0.1, 0.15) is 12.1 Å². The van der Waals surface area contributed by atoms with Crippen LogP contribution in [-0.4, -0.2) is 18.1 Å². The minimum atomic E-state index is -0.624. The second-order valence-electron chi connectivity index (χ2n) is 7.13. The van der Waals surface area contributed by atoms with Gasteiger partial charge < -0.3 is 10.5 Å². The van der Waals surface area contributed by atoms with Gasteiger partial charge in [0.15, 0.2) is 0 Å². The zero-order chi connectivity index (χ0) is 18.7. The third kappa shape index (κ3) is 4.49. The summed E-state index contributed by atoms with van der Waals surface area (Å²) in [5, 5.41) is 0. The maximum Gasteiger partial charge on any atom is 0.322 e. The number of aryl methyl sites for hydroxylation is 4. The van der Waals surface area contributed by atoms with Crippen LogP contribution in [0.1, 0.15) is 53.1 Å². The first-order chi connectivity index (χ1) is 11.7. The molecular formula is C22H29NO2. The topological polar surface area (TPSA) is 52.3 Å². The molecule has 2 aromatic carbocycles. The molecule has 2 aromatic rings. The van der Waals surface area contributed by atoms with Crippen LogP contribution < -0.4 is 5.73 Å². The van der Waals surface area contributed by atoms with Crippen LogP contribution in [0.4, 0.5) is 0 Å². The summed E-state index contributed by atoms with van der Waals surface area (Å²) in [6.45, 7) is 12.0. The van der Waals surface area contributed by atoms with Crippen molar-refractivity contribution in [3.63, 3.8) is 0 Å². The Morgan fingerprint density at radius 1 is 0.880 bits per heavy atom. The third-order valence-corrected chi connectivity index (χ3v) is 4.66. The van der Waals surface area contributed by atoms with Crippen molar-refractivity contribution in [3.8, 4) is 0 Å². The number of rotatable bonds is 5. The van der Waals surface area contributed by atoms with Gasteiger partial charge in [-0.3, -0.25) is 4.79 Å². The van der Waals surface area contributed by atoms with Crippen LogP contribution in [0.25, 0.3) is 0 Å². The van der Waals surface area contributed by atoms with Crippen LogP contribution in [-0.2, 0) is 9.53 Å². The molecule has 0 radical (unpaired) electrons. The Balaban J connectivity index is 2.52. The van der Waals surface area contributed by atoms with Gasteiger partial charge in [0.25, 0.3) is 0 Å². The van der Waals surface area contributed by atoms with Crippen LogP contribution >= 0.6 is 0 Å². The van der Waals surface area contributed by atoms with Crippen molar-refractivity contribution >= 4 is 5.97 Å². The predicted molar refractivity (Wildman–Crippen MR) is 103 cm³/mol. The molecule has 0 fully saturated rings. The van der Waals surface area contributed by atoms with E-state index in [1.54, 1.807) is 6.92 Å². The SMILES string of the molecule is Cc1ccc(C(c2ccc(C)cc2C)[C@H](C)OC(=O)[C@H](C)N)c(C)c1. The van der Waals surface area contributed by atoms with Crippen molar-refractivity contribution in [2.24, 2.45) is 5.73 Å². The summed E-state index contributed by atoms with van der Waals surface area (Å²) in [7, 11) is 0. The van der Waals surface area contributed by atoms with Crippen molar-refractivity contribution in [1.29, 1.82) is 0 Å². The molecule has 3 nitrogen and oxygen atoms in total. The molecule has 0 saturated heterocycles. The first-order valence-electron chi connectivity index (χ1n) is 8.81. The Hall–Kier alpha value is -2.13. The van der Waals surface area contributed by atoms with E-state index in [-0.39, 0.29) is 18.0 Å². The maximum atomic E-state index is 12.1. The van der Waals surface area contributed by atoms with Crippen LogP contribution in [0.2, 0.25) is 0 Å². The second-order valence-corrected chi connectivity index (χ2v) is 7.13. The summed E-state index contributed by atoms with van der Waals surface area (Å²) in [6, 6.07) is 12.2. The fourth-order valence-corrected chi connectivity index (χ4v) is 3.38. The second kappa shape index (κ2) is 7.83. The van der Waals surface area contributed by atoms with E-state index < -0.39 is 6.04 Å². The van der Waals surface area contributed by atoms with Crippen molar-refractivity contribution in [3.05, 3.63) is 69.8 Å². The number of benzene rings is 2. The number of nitrogens with two attached hydrogens (primary N) is 1. The molecule has 0 aliphatic heterocycles. The predicted octanol–water partition coefficient (Wildman–Crippen LogP) is 4.33. The fourth-order valence-electron chi connectivity index (χ4n) is 3.38. The van der Waals surface area contributed by atoms with Gasteiger partial charge in [-0.1, -0.05) is 47.5 Å². The molecule has 0 saturated carbocycles. The molecule has 0 aliphatic rings. The average Bonchev–Trinajstić information content (AvgIpc) is 2.51. The number of ether oxygens (including phenoxy) is 1. The highest BCUT2D eigenvalue weighted by Gasteiger charge is 2.28. The number of hydrogen-bond donors (Lipinski definition) is 1. The summed E-state index contributed by atoms with van der Waals surface area (Å²) < 4.78 is 5.69. The van der Waals surface area contributed by atoms with E-state index in [4.69, 9.17) is 10.5 Å². The zero-order valence-electron chi connectivity index (χ0n) is 16.1. The molecule has 0 aromatic heterocycles. The average molecular weight is 339 g/mol. The molecule has 25 heavy (non-hydrogen) atoms. The molecule has 0 bridgehead atoms. The molecule has 0 aliphatic carbocycles. The third-order valence-electron chi connectivity index (χ3n) is 4.66. The lowest BCUT2D eigenvalue weighted by molar-refractivity contribution is -0.150. The zero-order valence-corrected chi connectivity index (χ0v) is 16.1. The van der Waals surface area contributed by atoms with Crippen molar-refractivity contribution in [1.82, 2.24) is 0 Å². The van der Waals surface area contributed by atoms with E-state index in [2.05, 4.69) is 64.1 Å². The minimum Gasteiger partial charge on any atom is -0.461 e. The first-order valence-corrected chi connectivity index (χ1v) is 8.81. The van der Waals surface area contributed by atoms with Gasteiger partial charge in [0, 0.05) is 5.92 Å². The Kier molecular flexibility index (Phi) is 6.02. The molecule has 0 heterocycles. The van der Waals surface area contributed by atoms with Crippen molar-refractivity contribution in [2.75, 3.05) is 0 Å². The molecule has 134 valence electrons. The van der Waals surface area contributed by atoms with Gasteiger partial charge in [-0.15, -0.1) is 0 Å². The Morgan fingerprint density at radius 2 is 1.32 bits per heavy atom. The van der Waals surface area contributed by atoms with Gasteiger partial charge in [0.05, 0.1) is 0 Å². The molecular weight excluding hydrogens is 310 g/mol. The highest BCUT2D eigenvalue weighted by atomic mass is 16.5. The first kappa shape index (κ1) is 19.2. The lowest BCUT2D eigenvalue weighted by atomic mass is 9.82. The largest absolute Gasteiger partial charge is 0.461 e. The van der Waals surface area contributed by atoms with Crippen molar-refractivity contribution < 1.29 is 9.53 Å². The number of hydrogen-bond acceptors (Lipinski definition) is 3.